The Morgan fingerprint density at radius 2 is 2.09 bits per heavy atom. The van der Waals surface area contributed by atoms with Crippen LogP contribution in [0.1, 0.15) is 24.5 Å². The van der Waals surface area contributed by atoms with E-state index in [1.807, 2.05) is 12.1 Å². The molecule has 110 valence electrons. The molecule has 22 heavy (non-hydrogen) atoms. The number of fused-ring (bicyclic) bond motifs is 2. The second kappa shape index (κ2) is 4.44. The standard InChI is InChI=1S/C17H15N3OS/c21-16(9-1-2-9)11-4-3-10-7-14(18-13(10)8-11)15-17-12(19-20-15)5-6-22-17/h3-9,16,18,21H,1-2H2,(H,19,20). The van der Waals surface area contributed by atoms with Crippen LogP contribution in [-0.2, 0) is 0 Å². The Morgan fingerprint density at radius 3 is 2.95 bits per heavy atom. The summed E-state index contributed by atoms with van der Waals surface area (Å²) in [5.74, 6) is 0.448. The van der Waals surface area contributed by atoms with Crippen molar-refractivity contribution in [3.05, 3.63) is 41.3 Å². The molecular weight excluding hydrogens is 294 g/mol. The Hall–Kier alpha value is -2.11. The van der Waals surface area contributed by atoms with Gasteiger partial charge in [0, 0.05) is 10.9 Å². The Morgan fingerprint density at radius 1 is 1.18 bits per heavy atom. The zero-order valence-corrected chi connectivity index (χ0v) is 12.7. The topological polar surface area (TPSA) is 64.7 Å². The van der Waals surface area contributed by atoms with Crippen LogP contribution < -0.4 is 0 Å². The first-order chi connectivity index (χ1) is 10.8. The summed E-state index contributed by atoms with van der Waals surface area (Å²) in [7, 11) is 0. The van der Waals surface area contributed by atoms with Crippen LogP contribution in [0.25, 0.3) is 32.5 Å². The third-order valence-corrected chi connectivity index (χ3v) is 5.40. The van der Waals surface area contributed by atoms with E-state index in [1.165, 1.54) is 4.70 Å². The molecule has 5 rings (SSSR count). The Bertz CT molecular complexity index is 976. The predicted molar refractivity (Wildman–Crippen MR) is 88.9 cm³/mol. The van der Waals surface area contributed by atoms with Crippen LogP contribution in [0.3, 0.4) is 0 Å². The smallest absolute Gasteiger partial charge is 0.126 e. The largest absolute Gasteiger partial charge is 0.388 e. The van der Waals surface area contributed by atoms with Gasteiger partial charge in [-0.2, -0.15) is 5.10 Å². The maximum atomic E-state index is 10.3. The molecule has 3 heterocycles. The third-order valence-electron chi connectivity index (χ3n) is 4.48. The number of nitrogens with one attached hydrogen (secondary N) is 2. The van der Waals surface area contributed by atoms with Crippen LogP contribution >= 0.6 is 11.3 Å². The van der Waals surface area contributed by atoms with E-state index in [0.717, 1.165) is 46.2 Å². The van der Waals surface area contributed by atoms with Gasteiger partial charge in [0.15, 0.2) is 0 Å². The highest BCUT2D eigenvalue weighted by molar-refractivity contribution is 7.17. The summed E-state index contributed by atoms with van der Waals surface area (Å²) in [6.45, 7) is 0. The molecule has 1 atom stereocenters. The lowest BCUT2D eigenvalue weighted by Gasteiger charge is -2.09. The minimum atomic E-state index is -0.328. The molecule has 1 unspecified atom stereocenters. The molecule has 0 amide bonds. The molecule has 5 heteroatoms. The van der Waals surface area contributed by atoms with Crippen molar-refractivity contribution in [1.82, 2.24) is 15.2 Å². The van der Waals surface area contributed by atoms with Gasteiger partial charge in [-0.1, -0.05) is 12.1 Å². The number of benzene rings is 1. The Kier molecular flexibility index (Phi) is 2.51. The summed E-state index contributed by atoms with van der Waals surface area (Å²) in [6.07, 6.45) is 1.95. The number of rotatable bonds is 3. The number of hydrogen-bond acceptors (Lipinski definition) is 3. The molecule has 1 fully saturated rings. The molecule has 4 aromatic rings. The summed E-state index contributed by atoms with van der Waals surface area (Å²) < 4.78 is 1.17. The monoisotopic (exact) mass is 309 g/mol. The van der Waals surface area contributed by atoms with Crippen molar-refractivity contribution in [3.8, 4) is 11.4 Å². The van der Waals surface area contributed by atoms with Gasteiger partial charge < -0.3 is 10.1 Å². The van der Waals surface area contributed by atoms with Gasteiger partial charge in [-0.05, 0) is 47.9 Å². The number of aromatic amines is 2. The zero-order valence-electron chi connectivity index (χ0n) is 11.8. The molecule has 3 N–H and O–H groups in total. The van der Waals surface area contributed by atoms with Crippen LogP contribution in [0.15, 0.2) is 35.7 Å². The lowest BCUT2D eigenvalue weighted by atomic mass is 10.0. The number of H-pyrrole nitrogens is 2. The second-order valence-corrected chi connectivity index (χ2v) is 6.96. The van der Waals surface area contributed by atoms with Gasteiger partial charge in [-0.3, -0.25) is 5.10 Å². The maximum absolute atomic E-state index is 10.3. The molecule has 0 saturated heterocycles. The van der Waals surface area contributed by atoms with Crippen LogP contribution in [0.5, 0.6) is 0 Å². The fourth-order valence-electron chi connectivity index (χ4n) is 3.07. The van der Waals surface area contributed by atoms with E-state index in [9.17, 15) is 5.11 Å². The molecule has 3 aromatic heterocycles. The predicted octanol–water partition coefficient (Wildman–Crippen LogP) is 4.22. The van der Waals surface area contributed by atoms with Gasteiger partial charge in [0.2, 0.25) is 0 Å². The van der Waals surface area contributed by atoms with Crippen LogP contribution in [0.2, 0.25) is 0 Å². The number of hydrogen-bond donors (Lipinski definition) is 3. The molecule has 0 bridgehead atoms. The molecule has 4 nitrogen and oxygen atoms in total. The number of aromatic nitrogens is 3. The molecule has 0 aliphatic heterocycles. The summed E-state index contributed by atoms with van der Waals surface area (Å²) in [6, 6.07) is 10.4. The quantitative estimate of drug-likeness (QED) is 0.530. The zero-order chi connectivity index (χ0) is 14.7. The second-order valence-electron chi connectivity index (χ2n) is 6.05. The normalized spacial score (nSPS) is 16.6. The molecule has 0 spiro atoms. The first-order valence-electron chi connectivity index (χ1n) is 7.52. The first-order valence-corrected chi connectivity index (χ1v) is 8.40. The summed E-state index contributed by atoms with van der Waals surface area (Å²) in [5.41, 5.74) is 5.11. The van der Waals surface area contributed by atoms with E-state index in [4.69, 9.17) is 0 Å². The highest BCUT2D eigenvalue weighted by atomic mass is 32.1. The van der Waals surface area contributed by atoms with E-state index < -0.39 is 0 Å². The minimum absolute atomic E-state index is 0.328. The molecule has 1 aliphatic carbocycles. The van der Waals surface area contributed by atoms with Crippen molar-refractivity contribution in [2.75, 3.05) is 0 Å². The molecule has 1 aliphatic rings. The van der Waals surface area contributed by atoms with Gasteiger partial charge in [-0.25, -0.2) is 0 Å². The fourth-order valence-corrected chi connectivity index (χ4v) is 3.92. The van der Waals surface area contributed by atoms with Crippen molar-refractivity contribution in [2.45, 2.75) is 18.9 Å². The van der Waals surface area contributed by atoms with Gasteiger partial charge in [0.25, 0.3) is 0 Å². The SMILES string of the molecule is OC(c1ccc2cc(-c3n[nH]c4ccsc34)[nH]c2c1)C1CC1. The first kappa shape index (κ1) is 12.4. The average Bonchev–Trinajstić information content (AvgIpc) is 2.95. The van der Waals surface area contributed by atoms with E-state index in [2.05, 4.69) is 38.8 Å². The summed E-state index contributed by atoms with van der Waals surface area (Å²) in [5, 5.41) is 21.0. The number of nitrogens with zero attached hydrogens (tertiary/aromatic N) is 1. The molecule has 0 radical (unpaired) electrons. The Labute approximate surface area is 130 Å². The maximum Gasteiger partial charge on any atom is 0.126 e. The lowest BCUT2D eigenvalue weighted by Crippen LogP contribution is -1.98. The Balaban J connectivity index is 1.62. The van der Waals surface area contributed by atoms with E-state index in [0.29, 0.717) is 5.92 Å². The molecule has 1 saturated carbocycles. The third kappa shape index (κ3) is 1.82. The highest BCUT2D eigenvalue weighted by Crippen LogP contribution is 2.41. The van der Waals surface area contributed by atoms with Crippen molar-refractivity contribution >= 4 is 32.5 Å². The van der Waals surface area contributed by atoms with E-state index in [-0.39, 0.29) is 6.10 Å². The van der Waals surface area contributed by atoms with Crippen molar-refractivity contribution < 1.29 is 5.11 Å². The van der Waals surface area contributed by atoms with Crippen molar-refractivity contribution in [3.63, 3.8) is 0 Å². The van der Waals surface area contributed by atoms with Crippen molar-refractivity contribution in [1.29, 1.82) is 0 Å². The lowest BCUT2D eigenvalue weighted by molar-refractivity contribution is 0.154. The van der Waals surface area contributed by atoms with E-state index >= 15 is 0 Å². The van der Waals surface area contributed by atoms with Gasteiger partial charge in [0.1, 0.15) is 5.69 Å². The van der Waals surface area contributed by atoms with Gasteiger partial charge in [0.05, 0.1) is 22.0 Å². The summed E-state index contributed by atoms with van der Waals surface area (Å²) in [4.78, 5) is 3.45. The van der Waals surface area contributed by atoms with Crippen molar-refractivity contribution in [2.24, 2.45) is 5.92 Å². The minimum Gasteiger partial charge on any atom is -0.388 e. The number of aliphatic hydroxyl groups is 1. The molecular formula is C17H15N3OS. The number of thiophene rings is 1. The van der Waals surface area contributed by atoms with E-state index in [1.54, 1.807) is 11.3 Å². The molecule has 1 aromatic carbocycles. The highest BCUT2D eigenvalue weighted by Gasteiger charge is 2.30. The average molecular weight is 309 g/mol. The van der Waals surface area contributed by atoms with Crippen LogP contribution in [-0.4, -0.2) is 20.3 Å². The van der Waals surface area contributed by atoms with Gasteiger partial charge >= 0.3 is 0 Å². The van der Waals surface area contributed by atoms with Crippen LogP contribution in [0.4, 0.5) is 0 Å². The fraction of sp³-hybridized carbons (Fsp3) is 0.235. The number of aliphatic hydroxyl groups excluding tert-OH is 1. The van der Waals surface area contributed by atoms with Gasteiger partial charge in [-0.15, -0.1) is 11.3 Å². The summed E-state index contributed by atoms with van der Waals surface area (Å²) >= 11 is 1.69. The van der Waals surface area contributed by atoms with Crippen LogP contribution in [0, 0.1) is 5.92 Å².